The van der Waals surface area contributed by atoms with Gasteiger partial charge in [-0.15, -0.1) is 0 Å². The summed E-state index contributed by atoms with van der Waals surface area (Å²) in [7, 11) is 1.64. The third kappa shape index (κ3) is 2.15. The van der Waals surface area contributed by atoms with Crippen LogP contribution in [0.2, 0.25) is 5.02 Å². The first kappa shape index (κ1) is 9.40. The zero-order valence-electron chi connectivity index (χ0n) is 7.52. The van der Waals surface area contributed by atoms with Crippen LogP contribution in [0.1, 0.15) is 19.4 Å². The Hall–Kier alpha value is -0.690. The maximum atomic E-state index is 5.88. The SMILES string of the molecule is COc1cc(Cl)cc([C](C)C)c1. The third-order valence-corrected chi connectivity index (χ3v) is 1.90. The van der Waals surface area contributed by atoms with Crippen molar-refractivity contribution in [1.29, 1.82) is 0 Å². The van der Waals surface area contributed by atoms with E-state index < -0.39 is 0 Å². The van der Waals surface area contributed by atoms with Gasteiger partial charge in [-0.25, -0.2) is 0 Å². The number of hydrogen-bond acceptors (Lipinski definition) is 1. The van der Waals surface area contributed by atoms with Crippen molar-refractivity contribution in [3.05, 3.63) is 34.7 Å². The lowest BCUT2D eigenvalue weighted by Gasteiger charge is -2.07. The highest BCUT2D eigenvalue weighted by molar-refractivity contribution is 6.30. The quantitative estimate of drug-likeness (QED) is 0.684. The highest BCUT2D eigenvalue weighted by Crippen LogP contribution is 2.24. The van der Waals surface area contributed by atoms with Crippen molar-refractivity contribution in [2.24, 2.45) is 0 Å². The fourth-order valence-electron chi connectivity index (χ4n) is 0.969. The van der Waals surface area contributed by atoms with Gasteiger partial charge in [0.15, 0.2) is 0 Å². The molecule has 1 aromatic carbocycles. The largest absolute Gasteiger partial charge is 0.497 e. The van der Waals surface area contributed by atoms with E-state index in [1.54, 1.807) is 13.2 Å². The molecule has 0 amide bonds. The maximum absolute atomic E-state index is 5.88. The Labute approximate surface area is 78.3 Å². The molecule has 0 atom stereocenters. The van der Waals surface area contributed by atoms with Crippen molar-refractivity contribution in [3.63, 3.8) is 0 Å². The van der Waals surface area contributed by atoms with Crippen LogP contribution in [-0.2, 0) is 0 Å². The summed E-state index contributed by atoms with van der Waals surface area (Å²) in [6.45, 7) is 4.09. The number of rotatable bonds is 2. The minimum absolute atomic E-state index is 0.713. The third-order valence-electron chi connectivity index (χ3n) is 1.68. The molecule has 0 N–H and O–H groups in total. The van der Waals surface area contributed by atoms with Gasteiger partial charge in [-0.2, -0.15) is 0 Å². The van der Waals surface area contributed by atoms with Crippen LogP contribution in [0, 0.1) is 5.92 Å². The molecule has 0 aliphatic heterocycles. The number of halogens is 1. The summed E-state index contributed by atoms with van der Waals surface area (Å²) in [5.74, 6) is 2.04. The number of benzene rings is 1. The van der Waals surface area contributed by atoms with Gasteiger partial charge in [0.1, 0.15) is 5.75 Å². The van der Waals surface area contributed by atoms with E-state index in [4.69, 9.17) is 16.3 Å². The standard InChI is InChI=1S/C10H12ClO/c1-7(2)8-4-9(11)6-10(5-8)12-3/h4-6H,1-3H3. The molecule has 0 heterocycles. The maximum Gasteiger partial charge on any atom is 0.120 e. The molecule has 1 rings (SSSR count). The van der Waals surface area contributed by atoms with Crippen LogP contribution in [0.25, 0.3) is 0 Å². The summed E-state index contributed by atoms with van der Waals surface area (Å²) >= 11 is 5.88. The molecule has 2 heteroatoms. The molecule has 1 nitrogen and oxygen atoms in total. The molecule has 0 fully saturated rings. The van der Waals surface area contributed by atoms with E-state index in [1.807, 2.05) is 26.0 Å². The van der Waals surface area contributed by atoms with E-state index in [2.05, 4.69) is 0 Å². The molecule has 0 aromatic heterocycles. The van der Waals surface area contributed by atoms with E-state index >= 15 is 0 Å². The summed E-state index contributed by atoms with van der Waals surface area (Å²) in [6.07, 6.45) is 0. The molecule has 65 valence electrons. The highest BCUT2D eigenvalue weighted by Gasteiger charge is 2.03. The molecule has 0 spiro atoms. The molecule has 0 aliphatic carbocycles. The van der Waals surface area contributed by atoms with Crippen LogP contribution in [-0.4, -0.2) is 7.11 Å². The predicted molar refractivity (Wildman–Crippen MR) is 51.7 cm³/mol. The van der Waals surface area contributed by atoms with Gasteiger partial charge in [0, 0.05) is 5.02 Å². The van der Waals surface area contributed by atoms with Crippen molar-refractivity contribution < 1.29 is 4.74 Å². The first-order chi connectivity index (χ1) is 5.63. The van der Waals surface area contributed by atoms with E-state index in [-0.39, 0.29) is 0 Å². The first-order valence-electron chi connectivity index (χ1n) is 3.78. The molecule has 12 heavy (non-hydrogen) atoms. The Bertz CT molecular complexity index is 269. The van der Waals surface area contributed by atoms with Crippen LogP contribution >= 0.6 is 11.6 Å². The van der Waals surface area contributed by atoms with E-state index in [9.17, 15) is 0 Å². The summed E-state index contributed by atoms with van der Waals surface area (Å²) < 4.78 is 5.09. The van der Waals surface area contributed by atoms with Crippen LogP contribution in [0.5, 0.6) is 5.75 Å². The number of ether oxygens (including phenoxy) is 1. The average molecular weight is 184 g/mol. The van der Waals surface area contributed by atoms with Crippen molar-refractivity contribution in [3.8, 4) is 5.75 Å². The molecule has 0 unspecified atom stereocenters. The second kappa shape index (κ2) is 3.81. The van der Waals surface area contributed by atoms with Crippen LogP contribution in [0.4, 0.5) is 0 Å². The zero-order valence-corrected chi connectivity index (χ0v) is 8.27. The molecular formula is C10H12ClO. The van der Waals surface area contributed by atoms with Crippen molar-refractivity contribution in [2.45, 2.75) is 13.8 Å². The van der Waals surface area contributed by atoms with Crippen molar-refractivity contribution in [1.82, 2.24) is 0 Å². The molecule has 1 radical (unpaired) electrons. The topological polar surface area (TPSA) is 9.23 Å². The minimum Gasteiger partial charge on any atom is -0.497 e. The number of methoxy groups -OCH3 is 1. The average Bonchev–Trinajstić information content (AvgIpc) is 2.03. The fraction of sp³-hybridized carbons (Fsp3) is 0.300. The van der Waals surface area contributed by atoms with E-state index in [0.717, 1.165) is 11.3 Å². The normalized spacial score (nSPS) is 10.4. The lowest BCUT2D eigenvalue weighted by Crippen LogP contribution is -1.90. The van der Waals surface area contributed by atoms with Crippen molar-refractivity contribution in [2.75, 3.05) is 7.11 Å². The second-order valence-corrected chi connectivity index (χ2v) is 3.32. The fourth-order valence-corrected chi connectivity index (χ4v) is 1.19. The predicted octanol–water partition coefficient (Wildman–Crippen LogP) is 3.31. The Morgan fingerprint density at radius 2 is 1.92 bits per heavy atom. The highest BCUT2D eigenvalue weighted by atomic mass is 35.5. The lowest BCUT2D eigenvalue weighted by molar-refractivity contribution is 0.414. The molecule has 0 saturated carbocycles. The molecule has 1 aromatic rings. The van der Waals surface area contributed by atoms with Gasteiger partial charge in [0.05, 0.1) is 7.11 Å². The molecular weight excluding hydrogens is 172 g/mol. The zero-order chi connectivity index (χ0) is 9.14. The van der Waals surface area contributed by atoms with Gasteiger partial charge in [-0.05, 0) is 29.7 Å². The molecule has 0 saturated heterocycles. The first-order valence-corrected chi connectivity index (χ1v) is 4.16. The second-order valence-electron chi connectivity index (χ2n) is 2.88. The summed E-state index contributed by atoms with van der Waals surface area (Å²) in [4.78, 5) is 0. The van der Waals surface area contributed by atoms with Gasteiger partial charge < -0.3 is 4.74 Å². The Morgan fingerprint density at radius 3 is 2.42 bits per heavy atom. The Morgan fingerprint density at radius 1 is 1.25 bits per heavy atom. The molecule has 0 aliphatic rings. The molecule has 0 bridgehead atoms. The number of hydrogen-bond donors (Lipinski definition) is 0. The van der Waals surface area contributed by atoms with E-state index in [1.165, 1.54) is 5.92 Å². The van der Waals surface area contributed by atoms with Gasteiger partial charge in [0.2, 0.25) is 0 Å². The lowest BCUT2D eigenvalue weighted by atomic mass is 10.0. The van der Waals surface area contributed by atoms with Crippen molar-refractivity contribution >= 4 is 11.6 Å². The van der Waals surface area contributed by atoms with Gasteiger partial charge >= 0.3 is 0 Å². The van der Waals surface area contributed by atoms with Gasteiger partial charge in [-0.3, -0.25) is 0 Å². The monoisotopic (exact) mass is 183 g/mol. The minimum atomic E-state index is 0.713. The Kier molecular flexibility index (Phi) is 2.99. The summed E-state index contributed by atoms with van der Waals surface area (Å²) in [5.41, 5.74) is 1.12. The van der Waals surface area contributed by atoms with Crippen LogP contribution in [0.3, 0.4) is 0 Å². The van der Waals surface area contributed by atoms with Crippen LogP contribution < -0.4 is 4.74 Å². The van der Waals surface area contributed by atoms with E-state index in [0.29, 0.717) is 5.02 Å². The summed E-state index contributed by atoms with van der Waals surface area (Å²) in [6, 6.07) is 5.70. The van der Waals surface area contributed by atoms with Crippen LogP contribution in [0.15, 0.2) is 18.2 Å². The van der Waals surface area contributed by atoms with Gasteiger partial charge in [-0.1, -0.05) is 25.4 Å². The smallest absolute Gasteiger partial charge is 0.120 e. The Balaban J connectivity index is 3.06. The summed E-state index contributed by atoms with van der Waals surface area (Å²) in [5, 5.41) is 0.713. The van der Waals surface area contributed by atoms with Gasteiger partial charge in [0.25, 0.3) is 0 Å².